The van der Waals surface area contributed by atoms with E-state index in [-0.39, 0.29) is 5.78 Å². The molecule has 0 aliphatic rings. The first kappa shape index (κ1) is 8.59. The van der Waals surface area contributed by atoms with Gasteiger partial charge < -0.3 is 4.99 Å². The van der Waals surface area contributed by atoms with Crippen LogP contribution < -0.4 is 0 Å². The van der Waals surface area contributed by atoms with E-state index in [1.807, 2.05) is 0 Å². The molecule has 62 valence electrons. The molecule has 1 rings (SSSR count). The maximum atomic E-state index is 11.2. The van der Waals surface area contributed by atoms with Crippen molar-refractivity contribution in [3.05, 3.63) is 30.1 Å². The molecule has 0 saturated heterocycles. The Morgan fingerprint density at radius 2 is 2.50 bits per heavy atom. The van der Waals surface area contributed by atoms with Gasteiger partial charge in [0.25, 0.3) is 0 Å². The minimum atomic E-state index is 0.00111. The van der Waals surface area contributed by atoms with E-state index in [1.165, 1.54) is 0 Å². The van der Waals surface area contributed by atoms with Gasteiger partial charge in [-0.15, -0.1) is 0 Å². The van der Waals surface area contributed by atoms with Gasteiger partial charge in [-0.2, -0.15) is 0 Å². The summed E-state index contributed by atoms with van der Waals surface area (Å²) in [7, 11) is 1.64. The smallest absolute Gasteiger partial charge is 0.186 e. The molecule has 0 aliphatic heterocycles. The van der Waals surface area contributed by atoms with Crippen LogP contribution in [0.2, 0.25) is 0 Å². The monoisotopic (exact) mass is 162 g/mol. The molecule has 0 atom stereocenters. The summed E-state index contributed by atoms with van der Waals surface area (Å²) in [5.41, 5.74) is 0.498. The van der Waals surface area contributed by atoms with E-state index in [0.717, 1.165) is 0 Å². The highest BCUT2D eigenvalue weighted by molar-refractivity contribution is 6.02. The molecule has 12 heavy (non-hydrogen) atoms. The summed E-state index contributed by atoms with van der Waals surface area (Å²) in [6, 6.07) is 5.28. The van der Waals surface area contributed by atoms with Crippen molar-refractivity contribution in [3.63, 3.8) is 0 Å². The molecule has 1 aromatic rings. The van der Waals surface area contributed by atoms with Crippen LogP contribution >= 0.6 is 0 Å². The number of pyridine rings is 1. The van der Waals surface area contributed by atoms with E-state index in [0.29, 0.717) is 12.1 Å². The standard InChI is InChI=1S/C9H10N2O/c1-10-7-5-9(12)8-4-2-3-6-11-8/h2-4,6-7H,5H2,1H3. The van der Waals surface area contributed by atoms with Crippen molar-refractivity contribution in [2.75, 3.05) is 7.05 Å². The first-order chi connectivity index (χ1) is 5.84. The van der Waals surface area contributed by atoms with Crippen LogP contribution in [-0.2, 0) is 0 Å². The lowest BCUT2D eigenvalue weighted by Crippen LogP contribution is -2.01. The third-order valence-electron chi connectivity index (χ3n) is 1.41. The zero-order valence-electron chi connectivity index (χ0n) is 6.90. The van der Waals surface area contributed by atoms with Crippen LogP contribution in [0.1, 0.15) is 16.9 Å². The van der Waals surface area contributed by atoms with Crippen molar-refractivity contribution in [2.24, 2.45) is 4.99 Å². The van der Waals surface area contributed by atoms with Gasteiger partial charge in [0.1, 0.15) is 5.69 Å². The molecule has 0 radical (unpaired) electrons. The molecule has 0 aromatic carbocycles. The largest absolute Gasteiger partial charge is 0.300 e. The lowest BCUT2D eigenvalue weighted by Gasteiger charge is -1.93. The van der Waals surface area contributed by atoms with Crippen LogP contribution in [0, 0.1) is 0 Å². The zero-order chi connectivity index (χ0) is 8.81. The average molecular weight is 162 g/mol. The summed E-state index contributed by atoms with van der Waals surface area (Å²) in [4.78, 5) is 18.9. The van der Waals surface area contributed by atoms with Crippen LogP contribution in [0.4, 0.5) is 0 Å². The van der Waals surface area contributed by atoms with E-state index in [4.69, 9.17) is 0 Å². The van der Waals surface area contributed by atoms with Gasteiger partial charge >= 0.3 is 0 Å². The van der Waals surface area contributed by atoms with Gasteiger partial charge in [0.05, 0.1) is 0 Å². The van der Waals surface area contributed by atoms with E-state index in [9.17, 15) is 4.79 Å². The van der Waals surface area contributed by atoms with Gasteiger partial charge in [-0.05, 0) is 12.1 Å². The van der Waals surface area contributed by atoms with Crippen LogP contribution in [0.25, 0.3) is 0 Å². The van der Waals surface area contributed by atoms with Gasteiger partial charge in [0.2, 0.25) is 0 Å². The second-order valence-corrected chi connectivity index (χ2v) is 2.28. The molecule has 0 fully saturated rings. The van der Waals surface area contributed by atoms with Crippen LogP contribution in [0.5, 0.6) is 0 Å². The second kappa shape index (κ2) is 4.38. The molecule has 0 unspecified atom stereocenters. The van der Waals surface area contributed by atoms with E-state index < -0.39 is 0 Å². The molecule has 0 bridgehead atoms. The first-order valence-electron chi connectivity index (χ1n) is 3.69. The highest BCUT2D eigenvalue weighted by Crippen LogP contribution is 1.96. The fourth-order valence-corrected chi connectivity index (χ4v) is 0.806. The SMILES string of the molecule is CN=CCC(=O)c1ccccn1. The van der Waals surface area contributed by atoms with E-state index in [1.54, 1.807) is 37.7 Å². The Kier molecular flexibility index (Phi) is 3.14. The minimum Gasteiger partial charge on any atom is -0.300 e. The average Bonchev–Trinajstić information content (AvgIpc) is 2.15. The van der Waals surface area contributed by atoms with Crippen molar-refractivity contribution < 1.29 is 4.79 Å². The molecule has 0 amide bonds. The Balaban J connectivity index is 2.66. The van der Waals surface area contributed by atoms with E-state index >= 15 is 0 Å². The summed E-state index contributed by atoms with van der Waals surface area (Å²) in [6.45, 7) is 0. The summed E-state index contributed by atoms with van der Waals surface area (Å²) >= 11 is 0. The quantitative estimate of drug-likeness (QED) is 0.497. The van der Waals surface area contributed by atoms with Gasteiger partial charge in [0, 0.05) is 25.9 Å². The highest BCUT2D eigenvalue weighted by atomic mass is 16.1. The molecule has 0 spiro atoms. The fraction of sp³-hybridized carbons (Fsp3) is 0.222. The zero-order valence-corrected chi connectivity index (χ0v) is 6.90. The van der Waals surface area contributed by atoms with Crippen molar-refractivity contribution in [1.29, 1.82) is 0 Å². The van der Waals surface area contributed by atoms with Gasteiger partial charge in [0.15, 0.2) is 5.78 Å². The lowest BCUT2D eigenvalue weighted by atomic mass is 10.2. The Hall–Kier alpha value is -1.51. The summed E-state index contributed by atoms with van der Waals surface area (Å²) in [5, 5.41) is 0. The van der Waals surface area contributed by atoms with Crippen molar-refractivity contribution in [1.82, 2.24) is 4.98 Å². The fourth-order valence-electron chi connectivity index (χ4n) is 0.806. The highest BCUT2D eigenvalue weighted by Gasteiger charge is 2.02. The second-order valence-electron chi connectivity index (χ2n) is 2.28. The number of hydrogen-bond donors (Lipinski definition) is 0. The number of hydrogen-bond acceptors (Lipinski definition) is 3. The molecule has 0 N–H and O–H groups in total. The van der Waals surface area contributed by atoms with Crippen molar-refractivity contribution >= 4 is 12.0 Å². The van der Waals surface area contributed by atoms with Crippen LogP contribution in [0.3, 0.4) is 0 Å². The Labute approximate surface area is 71.2 Å². The summed E-state index contributed by atoms with van der Waals surface area (Å²) in [6.07, 6.45) is 3.51. The number of rotatable bonds is 3. The summed E-state index contributed by atoms with van der Waals surface area (Å²) < 4.78 is 0. The predicted molar refractivity (Wildman–Crippen MR) is 47.6 cm³/mol. The topological polar surface area (TPSA) is 42.3 Å². The number of carbonyl (C=O) groups is 1. The van der Waals surface area contributed by atoms with Crippen LogP contribution in [0.15, 0.2) is 29.4 Å². The number of Topliss-reactive ketones (excluding diaryl/α,β-unsaturated/α-hetero) is 1. The van der Waals surface area contributed by atoms with Gasteiger partial charge in [-0.1, -0.05) is 6.07 Å². The normalized spacial score (nSPS) is 10.4. The predicted octanol–water partition coefficient (Wildman–Crippen LogP) is 1.35. The lowest BCUT2D eigenvalue weighted by molar-refractivity contribution is 0.0997. The first-order valence-corrected chi connectivity index (χ1v) is 3.69. The third-order valence-corrected chi connectivity index (χ3v) is 1.41. The number of carbonyl (C=O) groups excluding carboxylic acids is 1. The number of aromatic nitrogens is 1. The molecular formula is C9H10N2O. The number of ketones is 1. The maximum Gasteiger partial charge on any atom is 0.186 e. The molecule has 3 nitrogen and oxygen atoms in total. The third kappa shape index (κ3) is 2.27. The van der Waals surface area contributed by atoms with E-state index in [2.05, 4.69) is 9.98 Å². The van der Waals surface area contributed by atoms with Gasteiger partial charge in [-0.25, -0.2) is 0 Å². The Bertz CT molecular complexity index is 280. The molecule has 0 saturated carbocycles. The molecule has 1 aromatic heterocycles. The minimum absolute atomic E-state index is 0.00111. The molecule has 3 heteroatoms. The Morgan fingerprint density at radius 1 is 1.67 bits per heavy atom. The molecular weight excluding hydrogens is 152 g/mol. The number of nitrogens with zero attached hydrogens (tertiary/aromatic N) is 2. The summed E-state index contributed by atoms with van der Waals surface area (Å²) in [5.74, 6) is 0.00111. The Morgan fingerprint density at radius 3 is 3.08 bits per heavy atom. The molecule has 1 heterocycles. The van der Waals surface area contributed by atoms with Gasteiger partial charge in [-0.3, -0.25) is 9.78 Å². The van der Waals surface area contributed by atoms with Crippen molar-refractivity contribution in [2.45, 2.75) is 6.42 Å². The van der Waals surface area contributed by atoms with Crippen LogP contribution in [-0.4, -0.2) is 24.0 Å². The number of aliphatic imine (C=N–C) groups is 1. The van der Waals surface area contributed by atoms with Crippen molar-refractivity contribution in [3.8, 4) is 0 Å². The maximum absolute atomic E-state index is 11.2. The molecule has 0 aliphatic carbocycles.